The summed E-state index contributed by atoms with van der Waals surface area (Å²) in [4.78, 5) is 21.0. The van der Waals surface area contributed by atoms with Gasteiger partial charge in [0, 0.05) is 6.42 Å². The van der Waals surface area contributed by atoms with Crippen LogP contribution in [0.5, 0.6) is 0 Å². The fourth-order valence-electron chi connectivity index (χ4n) is 1.03. The highest BCUT2D eigenvalue weighted by Crippen LogP contribution is 2.23. The van der Waals surface area contributed by atoms with Gasteiger partial charge in [0.15, 0.2) is 5.57 Å². The number of carboxylic acids is 2. The number of aliphatic hydroxyl groups excluding tert-OH is 1. The average Bonchev–Trinajstić information content (AvgIpc) is 2.51. The average molecular weight is 200 g/mol. The molecule has 0 radical (unpaired) electrons. The van der Waals surface area contributed by atoms with Crippen molar-refractivity contribution in [1.29, 1.82) is 0 Å². The third-order valence-electron chi connectivity index (χ3n) is 1.63. The summed E-state index contributed by atoms with van der Waals surface area (Å²) in [6, 6.07) is 0. The molecule has 0 bridgehead atoms. The molecule has 76 valence electrons. The first-order valence-electron chi connectivity index (χ1n) is 3.73. The van der Waals surface area contributed by atoms with E-state index in [1.807, 2.05) is 0 Å². The number of ether oxygens (including phenoxy) is 1. The Kier molecular flexibility index (Phi) is 2.88. The molecule has 14 heavy (non-hydrogen) atoms. The van der Waals surface area contributed by atoms with Crippen molar-refractivity contribution in [1.82, 2.24) is 0 Å². The summed E-state index contributed by atoms with van der Waals surface area (Å²) in [5, 5.41) is 25.7. The number of allylic oxidation sites excluding steroid dienone is 1. The van der Waals surface area contributed by atoms with Crippen LogP contribution in [-0.4, -0.2) is 33.9 Å². The Labute approximate surface area is 78.7 Å². The molecule has 1 aliphatic heterocycles. The van der Waals surface area contributed by atoms with Crippen molar-refractivity contribution in [2.75, 3.05) is 6.61 Å². The molecule has 6 heteroatoms. The van der Waals surface area contributed by atoms with Crippen LogP contribution in [0.4, 0.5) is 0 Å². The van der Waals surface area contributed by atoms with E-state index in [0.29, 0.717) is 0 Å². The zero-order valence-corrected chi connectivity index (χ0v) is 7.06. The Balaban J connectivity index is 2.95. The molecule has 0 spiro atoms. The van der Waals surface area contributed by atoms with Crippen molar-refractivity contribution >= 4 is 11.9 Å². The lowest BCUT2D eigenvalue weighted by Gasteiger charge is -2.04. The molecule has 1 rings (SSSR count). The van der Waals surface area contributed by atoms with E-state index >= 15 is 0 Å². The smallest absolute Gasteiger partial charge is 0.346 e. The van der Waals surface area contributed by atoms with Crippen molar-refractivity contribution in [2.45, 2.75) is 6.42 Å². The Morgan fingerprint density at radius 3 is 2.29 bits per heavy atom. The molecule has 6 nitrogen and oxygen atoms in total. The molecular weight excluding hydrogens is 192 g/mol. The van der Waals surface area contributed by atoms with Gasteiger partial charge in [0.1, 0.15) is 18.1 Å². The van der Waals surface area contributed by atoms with Gasteiger partial charge in [-0.05, 0) is 6.08 Å². The van der Waals surface area contributed by atoms with Gasteiger partial charge in [0.2, 0.25) is 0 Å². The molecule has 0 unspecified atom stereocenters. The normalized spacial score (nSPS) is 14.6. The monoisotopic (exact) mass is 200 g/mol. The molecule has 0 aromatic heterocycles. The fourth-order valence-corrected chi connectivity index (χ4v) is 1.03. The zero-order valence-electron chi connectivity index (χ0n) is 7.06. The molecule has 0 atom stereocenters. The van der Waals surface area contributed by atoms with Gasteiger partial charge in [-0.1, -0.05) is 0 Å². The highest BCUT2D eigenvalue weighted by atomic mass is 16.5. The Hall–Kier alpha value is -1.82. The number of aliphatic hydroxyl groups is 1. The summed E-state index contributed by atoms with van der Waals surface area (Å²) in [7, 11) is 0. The third kappa shape index (κ3) is 1.91. The van der Waals surface area contributed by atoms with Crippen molar-refractivity contribution < 1.29 is 29.6 Å². The molecular formula is C8H8O6. The number of hydrogen-bond acceptors (Lipinski definition) is 4. The van der Waals surface area contributed by atoms with Gasteiger partial charge in [-0.3, -0.25) is 0 Å². The summed E-state index contributed by atoms with van der Waals surface area (Å²) in [6.07, 6.45) is 1.50. The Morgan fingerprint density at radius 1 is 1.36 bits per heavy atom. The van der Waals surface area contributed by atoms with Crippen LogP contribution in [0, 0.1) is 0 Å². The molecule has 0 aromatic carbocycles. The Morgan fingerprint density at radius 2 is 1.93 bits per heavy atom. The van der Waals surface area contributed by atoms with E-state index in [2.05, 4.69) is 0 Å². The van der Waals surface area contributed by atoms with Crippen LogP contribution in [0.1, 0.15) is 6.42 Å². The van der Waals surface area contributed by atoms with Crippen LogP contribution in [0.2, 0.25) is 0 Å². The lowest BCUT2D eigenvalue weighted by molar-refractivity contribution is -0.140. The molecule has 0 aliphatic carbocycles. The van der Waals surface area contributed by atoms with E-state index in [9.17, 15) is 9.59 Å². The second-order valence-corrected chi connectivity index (χ2v) is 2.54. The lowest BCUT2D eigenvalue weighted by atomic mass is 10.2. The lowest BCUT2D eigenvalue weighted by Crippen LogP contribution is -2.14. The van der Waals surface area contributed by atoms with E-state index in [1.54, 1.807) is 0 Å². The maximum atomic E-state index is 10.5. The molecule has 3 N–H and O–H groups in total. The summed E-state index contributed by atoms with van der Waals surface area (Å²) in [5.41, 5.74) is -0.801. The largest absolute Gasteiger partial charge is 0.477 e. The van der Waals surface area contributed by atoms with Crippen molar-refractivity contribution in [3.05, 3.63) is 23.2 Å². The molecule has 1 heterocycles. The van der Waals surface area contributed by atoms with Gasteiger partial charge >= 0.3 is 11.9 Å². The van der Waals surface area contributed by atoms with Crippen LogP contribution >= 0.6 is 0 Å². The van der Waals surface area contributed by atoms with Crippen LogP contribution in [-0.2, 0) is 14.3 Å². The topological polar surface area (TPSA) is 104 Å². The van der Waals surface area contributed by atoms with Gasteiger partial charge in [-0.25, -0.2) is 9.59 Å². The van der Waals surface area contributed by atoms with E-state index < -0.39 is 17.5 Å². The van der Waals surface area contributed by atoms with Crippen molar-refractivity contribution in [3.8, 4) is 0 Å². The maximum Gasteiger partial charge on any atom is 0.346 e. The standard InChI is InChI=1S/C8H8O6/c9-3-4-1-2-5(14-4)6(7(10)11)8(12)13/h1,9H,2-3H2,(H,10,11)(H,12,13). The van der Waals surface area contributed by atoms with Gasteiger partial charge in [0.05, 0.1) is 0 Å². The predicted octanol–water partition coefficient (Wildman–Crippen LogP) is -0.294. The van der Waals surface area contributed by atoms with Gasteiger partial charge in [-0.2, -0.15) is 0 Å². The first-order valence-corrected chi connectivity index (χ1v) is 3.73. The predicted molar refractivity (Wildman–Crippen MR) is 43.2 cm³/mol. The summed E-state index contributed by atoms with van der Waals surface area (Å²) in [6.45, 7) is -0.379. The number of aliphatic carboxylic acids is 2. The van der Waals surface area contributed by atoms with Crippen LogP contribution < -0.4 is 0 Å². The maximum absolute atomic E-state index is 10.5. The van der Waals surface area contributed by atoms with Crippen molar-refractivity contribution in [3.63, 3.8) is 0 Å². The second-order valence-electron chi connectivity index (χ2n) is 2.54. The number of carboxylic acid groups (broad SMARTS) is 2. The molecule has 0 amide bonds. The highest BCUT2D eigenvalue weighted by molar-refractivity contribution is 6.13. The summed E-state index contributed by atoms with van der Waals surface area (Å²) >= 11 is 0. The van der Waals surface area contributed by atoms with Crippen LogP contribution in [0.3, 0.4) is 0 Å². The first-order chi connectivity index (χ1) is 6.56. The third-order valence-corrected chi connectivity index (χ3v) is 1.63. The zero-order chi connectivity index (χ0) is 10.7. The van der Waals surface area contributed by atoms with E-state index in [-0.39, 0.29) is 24.5 Å². The molecule has 0 saturated carbocycles. The molecule has 0 aromatic rings. The minimum atomic E-state index is -1.56. The molecule has 0 saturated heterocycles. The number of hydrogen-bond donors (Lipinski definition) is 3. The minimum absolute atomic E-state index is 0.0732. The summed E-state index contributed by atoms with van der Waals surface area (Å²) in [5.74, 6) is -3.10. The van der Waals surface area contributed by atoms with E-state index in [0.717, 1.165) is 0 Å². The quantitative estimate of drug-likeness (QED) is 0.328. The van der Waals surface area contributed by atoms with Gasteiger partial charge in [-0.15, -0.1) is 0 Å². The van der Waals surface area contributed by atoms with E-state index in [4.69, 9.17) is 20.1 Å². The van der Waals surface area contributed by atoms with Crippen LogP contribution in [0.25, 0.3) is 0 Å². The van der Waals surface area contributed by atoms with Crippen molar-refractivity contribution in [2.24, 2.45) is 0 Å². The first kappa shape index (κ1) is 10.3. The van der Waals surface area contributed by atoms with E-state index in [1.165, 1.54) is 6.08 Å². The minimum Gasteiger partial charge on any atom is -0.477 e. The number of carbonyl (C=O) groups is 2. The van der Waals surface area contributed by atoms with Crippen LogP contribution in [0.15, 0.2) is 23.2 Å². The molecule has 1 aliphatic rings. The fraction of sp³-hybridized carbons (Fsp3) is 0.250. The Bertz CT molecular complexity index is 322. The van der Waals surface area contributed by atoms with Gasteiger partial charge < -0.3 is 20.1 Å². The van der Waals surface area contributed by atoms with Gasteiger partial charge in [0.25, 0.3) is 0 Å². The number of rotatable bonds is 3. The second kappa shape index (κ2) is 3.93. The SMILES string of the molecule is O=C(O)C(C(=O)O)=C1CC=C(CO)O1. The highest BCUT2D eigenvalue weighted by Gasteiger charge is 2.26. The molecule has 0 fully saturated rings. The summed E-state index contributed by atoms with van der Waals surface area (Å²) < 4.78 is 4.82.